The van der Waals surface area contributed by atoms with Crippen molar-refractivity contribution < 1.29 is 9.53 Å². The Morgan fingerprint density at radius 3 is 2.81 bits per heavy atom. The predicted octanol–water partition coefficient (Wildman–Crippen LogP) is 2.71. The first-order valence-electron chi connectivity index (χ1n) is 7.14. The Morgan fingerprint density at radius 2 is 2.14 bits per heavy atom. The van der Waals surface area contributed by atoms with Crippen molar-refractivity contribution >= 4 is 11.7 Å². The minimum atomic E-state index is -0.405. The van der Waals surface area contributed by atoms with Crippen molar-refractivity contribution in [2.45, 2.75) is 40.3 Å². The predicted molar refractivity (Wildman–Crippen MR) is 82.0 cm³/mol. The Morgan fingerprint density at radius 1 is 1.38 bits per heavy atom. The summed E-state index contributed by atoms with van der Waals surface area (Å²) in [5, 5.41) is 4.43. The molecule has 1 aromatic heterocycles. The van der Waals surface area contributed by atoms with Crippen molar-refractivity contribution in [1.29, 1.82) is 0 Å². The molecular formula is C16H21N3O2. The third kappa shape index (κ3) is 3.24. The Kier molecular flexibility index (Phi) is 4.62. The smallest absolute Gasteiger partial charge is 0.340 e. The number of aromatic nitrogens is 2. The summed E-state index contributed by atoms with van der Waals surface area (Å²) in [7, 11) is 0. The van der Waals surface area contributed by atoms with Gasteiger partial charge in [-0.3, -0.25) is 4.68 Å². The van der Waals surface area contributed by atoms with Crippen LogP contribution in [-0.2, 0) is 24.3 Å². The molecule has 2 N–H and O–H groups in total. The average Bonchev–Trinajstić information content (AvgIpc) is 2.90. The van der Waals surface area contributed by atoms with Crippen LogP contribution < -0.4 is 5.73 Å². The molecule has 21 heavy (non-hydrogen) atoms. The standard InChI is InChI=1S/C16H21N3O2/c1-4-12-9-13(19(5-2)18-12)10-21-16(20)14-8-6-7-11(3)15(14)17/h6-9H,4-5,10,17H2,1-3H3. The minimum absolute atomic E-state index is 0.201. The maximum atomic E-state index is 12.1. The molecule has 0 spiro atoms. The highest BCUT2D eigenvalue weighted by Gasteiger charge is 2.14. The fourth-order valence-corrected chi connectivity index (χ4v) is 2.15. The van der Waals surface area contributed by atoms with Crippen LogP contribution in [0.2, 0.25) is 0 Å². The van der Waals surface area contributed by atoms with Gasteiger partial charge in [0.05, 0.1) is 17.0 Å². The molecule has 5 nitrogen and oxygen atoms in total. The Bertz CT molecular complexity index is 647. The van der Waals surface area contributed by atoms with Crippen molar-refractivity contribution in [2.24, 2.45) is 0 Å². The Hall–Kier alpha value is -2.30. The number of carbonyl (C=O) groups is 1. The molecule has 0 saturated heterocycles. The SMILES string of the molecule is CCc1cc(COC(=O)c2cccc(C)c2N)n(CC)n1. The van der Waals surface area contributed by atoms with Crippen LogP contribution in [0, 0.1) is 6.92 Å². The summed E-state index contributed by atoms with van der Waals surface area (Å²) >= 11 is 0. The van der Waals surface area contributed by atoms with Crippen LogP contribution in [-0.4, -0.2) is 15.7 Å². The van der Waals surface area contributed by atoms with Crippen LogP contribution in [0.15, 0.2) is 24.3 Å². The van der Waals surface area contributed by atoms with Gasteiger partial charge in [0.2, 0.25) is 0 Å². The van der Waals surface area contributed by atoms with Crippen molar-refractivity contribution in [2.75, 3.05) is 5.73 Å². The largest absolute Gasteiger partial charge is 0.456 e. The summed E-state index contributed by atoms with van der Waals surface area (Å²) in [6, 6.07) is 7.31. The van der Waals surface area contributed by atoms with E-state index in [-0.39, 0.29) is 6.61 Å². The molecule has 2 aromatic rings. The topological polar surface area (TPSA) is 70.1 Å². The van der Waals surface area contributed by atoms with E-state index in [1.165, 1.54) is 0 Å². The molecule has 0 bridgehead atoms. The van der Waals surface area contributed by atoms with E-state index in [1.54, 1.807) is 12.1 Å². The third-order valence-electron chi connectivity index (χ3n) is 3.47. The van der Waals surface area contributed by atoms with Gasteiger partial charge in [-0.05, 0) is 38.0 Å². The van der Waals surface area contributed by atoms with Crippen LogP contribution in [0.1, 0.15) is 41.2 Å². The number of anilines is 1. The lowest BCUT2D eigenvalue weighted by atomic mass is 10.1. The molecule has 0 unspecified atom stereocenters. The second kappa shape index (κ2) is 6.43. The zero-order valence-corrected chi connectivity index (χ0v) is 12.7. The fraction of sp³-hybridized carbons (Fsp3) is 0.375. The third-order valence-corrected chi connectivity index (χ3v) is 3.47. The molecule has 5 heteroatoms. The van der Waals surface area contributed by atoms with Gasteiger partial charge in [0.1, 0.15) is 6.61 Å². The molecule has 0 aliphatic heterocycles. The Labute approximate surface area is 124 Å². The van der Waals surface area contributed by atoms with Gasteiger partial charge >= 0.3 is 5.97 Å². The second-order valence-corrected chi connectivity index (χ2v) is 4.91. The quantitative estimate of drug-likeness (QED) is 0.678. The molecule has 112 valence electrons. The van der Waals surface area contributed by atoms with Crippen LogP contribution in [0.5, 0.6) is 0 Å². The maximum Gasteiger partial charge on any atom is 0.340 e. The monoisotopic (exact) mass is 287 g/mol. The summed E-state index contributed by atoms with van der Waals surface area (Å²) in [5.41, 5.74) is 9.57. The summed E-state index contributed by atoms with van der Waals surface area (Å²) in [6.45, 7) is 6.88. The van der Waals surface area contributed by atoms with E-state index in [1.807, 2.05) is 37.6 Å². The number of para-hydroxylation sites is 1. The molecule has 0 aliphatic carbocycles. The molecule has 0 aliphatic rings. The zero-order valence-electron chi connectivity index (χ0n) is 12.7. The summed E-state index contributed by atoms with van der Waals surface area (Å²) in [4.78, 5) is 12.1. The molecule has 1 aromatic carbocycles. The van der Waals surface area contributed by atoms with E-state index in [2.05, 4.69) is 5.10 Å². The normalized spacial score (nSPS) is 10.6. The first-order chi connectivity index (χ1) is 10.1. The van der Waals surface area contributed by atoms with Crippen LogP contribution >= 0.6 is 0 Å². The number of nitrogens with zero attached hydrogens (tertiary/aromatic N) is 2. The van der Waals surface area contributed by atoms with Crippen LogP contribution in [0.3, 0.4) is 0 Å². The lowest BCUT2D eigenvalue weighted by Crippen LogP contribution is -2.11. The number of rotatable bonds is 5. The van der Waals surface area contributed by atoms with Crippen molar-refractivity contribution in [3.63, 3.8) is 0 Å². The van der Waals surface area contributed by atoms with Crippen molar-refractivity contribution in [3.05, 3.63) is 46.8 Å². The van der Waals surface area contributed by atoms with Crippen LogP contribution in [0.4, 0.5) is 5.69 Å². The number of carbonyl (C=O) groups excluding carboxylic acids is 1. The number of esters is 1. The van der Waals surface area contributed by atoms with E-state index in [0.717, 1.165) is 29.9 Å². The van der Waals surface area contributed by atoms with Crippen LogP contribution in [0.25, 0.3) is 0 Å². The summed E-state index contributed by atoms with van der Waals surface area (Å²) < 4.78 is 7.22. The van der Waals surface area contributed by atoms with Gasteiger partial charge in [0.25, 0.3) is 0 Å². The van der Waals surface area contributed by atoms with E-state index >= 15 is 0 Å². The van der Waals surface area contributed by atoms with E-state index in [4.69, 9.17) is 10.5 Å². The second-order valence-electron chi connectivity index (χ2n) is 4.91. The van der Waals surface area contributed by atoms with Gasteiger partial charge in [-0.25, -0.2) is 4.79 Å². The molecule has 0 amide bonds. The number of nitrogens with two attached hydrogens (primary N) is 1. The molecule has 0 fully saturated rings. The lowest BCUT2D eigenvalue weighted by Gasteiger charge is -2.09. The molecule has 1 heterocycles. The average molecular weight is 287 g/mol. The molecule has 0 atom stereocenters. The minimum Gasteiger partial charge on any atom is -0.456 e. The summed E-state index contributed by atoms with van der Waals surface area (Å²) in [6.07, 6.45) is 0.860. The first-order valence-corrected chi connectivity index (χ1v) is 7.14. The van der Waals surface area contributed by atoms with Gasteiger partial charge in [0, 0.05) is 12.2 Å². The summed E-state index contributed by atoms with van der Waals surface area (Å²) in [5.74, 6) is -0.405. The van der Waals surface area contributed by atoms with Gasteiger partial charge < -0.3 is 10.5 Å². The lowest BCUT2D eigenvalue weighted by molar-refractivity contribution is 0.0463. The number of aryl methyl sites for hydroxylation is 3. The van der Waals surface area contributed by atoms with Gasteiger partial charge in [-0.15, -0.1) is 0 Å². The van der Waals surface area contributed by atoms with Gasteiger partial charge in [0.15, 0.2) is 0 Å². The maximum absolute atomic E-state index is 12.1. The molecular weight excluding hydrogens is 266 g/mol. The zero-order chi connectivity index (χ0) is 15.4. The van der Waals surface area contributed by atoms with Gasteiger partial charge in [-0.2, -0.15) is 5.10 Å². The van der Waals surface area contributed by atoms with Crippen molar-refractivity contribution in [3.8, 4) is 0 Å². The number of nitrogen functional groups attached to an aromatic ring is 1. The number of hydrogen-bond acceptors (Lipinski definition) is 4. The van der Waals surface area contributed by atoms with E-state index in [9.17, 15) is 4.79 Å². The highest BCUT2D eigenvalue weighted by molar-refractivity contribution is 5.95. The fourth-order valence-electron chi connectivity index (χ4n) is 2.15. The van der Waals surface area contributed by atoms with E-state index in [0.29, 0.717) is 11.3 Å². The number of benzene rings is 1. The molecule has 2 rings (SSSR count). The number of ether oxygens (including phenoxy) is 1. The number of hydrogen-bond donors (Lipinski definition) is 1. The highest BCUT2D eigenvalue weighted by Crippen LogP contribution is 2.18. The molecule has 0 radical (unpaired) electrons. The van der Waals surface area contributed by atoms with Crippen molar-refractivity contribution in [1.82, 2.24) is 9.78 Å². The van der Waals surface area contributed by atoms with Gasteiger partial charge in [-0.1, -0.05) is 19.1 Å². The Balaban J connectivity index is 2.11. The molecule has 0 saturated carbocycles. The van der Waals surface area contributed by atoms with E-state index < -0.39 is 5.97 Å². The first kappa shape index (κ1) is 15.1. The highest BCUT2D eigenvalue weighted by atomic mass is 16.5.